The van der Waals surface area contributed by atoms with Crippen molar-refractivity contribution in [3.8, 4) is 11.5 Å². The van der Waals surface area contributed by atoms with E-state index in [1.807, 2.05) is 0 Å². The molecule has 1 aliphatic heterocycles. The molecular weight excluding hydrogens is 356 g/mol. The highest BCUT2D eigenvalue weighted by Gasteiger charge is 2.20. The first-order valence-corrected chi connectivity index (χ1v) is 7.72. The van der Waals surface area contributed by atoms with E-state index in [2.05, 4.69) is 15.9 Å². The van der Waals surface area contributed by atoms with Gasteiger partial charge in [0.05, 0.1) is 18.2 Å². The lowest BCUT2D eigenvalue weighted by Crippen LogP contribution is -2.04. The Labute approximate surface area is 136 Å². The van der Waals surface area contributed by atoms with Crippen molar-refractivity contribution in [2.24, 2.45) is 0 Å². The molecule has 0 radical (unpaired) electrons. The second-order valence-corrected chi connectivity index (χ2v) is 5.90. The summed E-state index contributed by atoms with van der Waals surface area (Å²) in [6.45, 7) is 1.19. The van der Waals surface area contributed by atoms with Crippen LogP contribution in [0.25, 0.3) is 0 Å². The molecule has 1 aliphatic rings. The van der Waals surface area contributed by atoms with Crippen LogP contribution in [0.3, 0.4) is 0 Å². The first kappa shape index (κ1) is 14.4. The van der Waals surface area contributed by atoms with E-state index in [1.54, 1.807) is 36.4 Å². The summed E-state index contributed by atoms with van der Waals surface area (Å²) in [5.41, 5.74) is 0.974. The fourth-order valence-electron chi connectivity index (χ4n) is 2.15. The standard InChI is InChI=1S/C16H12BrClO3/c17-12-9-15-14(20-6-3-7-21-15)8-11(12)16(19)10-4-1-2-5-13(10)18/h1-2,4-5,8-9H,3,6-7H2. The summed E-state index contributed by atoms with van der Waals surface area (Å²) in [6, 6.07) is 10.5. The molecule has 0 amide bonds. The first-order chi connectivity index (χ1) is 10.2. The van der Waals surface area contributed by atoms with Crippen molar-refractivity contribution < 1.29 is 14.3 Å². The third-order valence-electron chi connectivity index (χ3n) is 3.20. The molecule has 0 spiro atoms. The van der Waals surface area contributed by atoms with Crippen LogP contribution in [-0.2, 0) is 0 Å². The molecule has 1 heterocycles. The van der Waals surface area contributed by atoms with Crippen LogP contribution in [0.4, 0.5) is 0 Å². The van der Waals surface area contributed by atoms with Gasteiger partial charge in [0.2, 0.25) is 0 Å². The molecule has 0 aromatic heterocycles. The summed E-state index contributed by atoms with van der Waals surface area (Å²) in [6.07, 6.45) is 0.820. The van der Waals surface area contributed by atoms with E-state index < -0.39 is 0 Å². The largest absolute Gasteiger partial charge is 0.490 e. The lowest BCUT2D eigenvalue weighted by molar-refractivity contribution is 0.103. The summed E-state index contributed by atoms with van der Waals surface area (Å²) in [5.74, 6) is 1.09. The van der Waals surface area contributed by atoms with Crippen LogP contribution in [-0.4, -0.2) is 19.0 Å². The quantitative estimate of drug-likeness (QED) is 0.733. The van der Waals surface area contributed by atoms with Gasteiger partial charge in [-0.25, -0.2) is 0 Å². The Morgan fingerprint density at radius 3 is 2.43 bits per heavy atom. The lowest BCUT2D eigenvalue weighted by Gasteiger charge is -2.11. The Bertz CT molecular complexity index is 700. The van der Waals surface area contributed by atoms with Crippen LogP contribution in [0.1, 0.15) is 22.3 Å². The van der Waals surface area contributed by atoms with E-state index in [0.717, 1.165) is 6.42 Å². The molecule has 21 heavy (non-hydrogen) atoms. The molecule has 3 nitrogen and oxygen atoms in total. The molecule has 0 aliphatic carbocycles. The van der Waals surface area contributed by atoms with Gasteiger partial charge in [-0.2, -0.15) is 0 Å². The third kappa shape index (κ3) is 2.92. The number of benzene rings is 2. The molecule has 0 unspecified atom stereocenters. The van der Waals surface area contributed by atoms with Gasteiger partial charge < -0.3 is 9.47 Å². The van der Waals surface area contributed by atoms with E-state index >= 15 is 0 Å². The second kappa shape index (κ2) is 6.08. The molecule has 2 aromatic rings. The van der Waals surface area contributed by atoms with E-state index in [0.29, 0.717) is 45.3 Å². The summed E-state index contributed by atoms with van der Waals surface area (Å²) in [4.78, 5) is 12.6. The minimum atomic E-state index is -0.150. The van der Waals surface area contributed by atoms with Crippen molar-refractivity contribution in [1.29, 1.82) is 0 Å². The molecule has 2 aromatic carbocycles. The molecule has 0 fully saturated rings. The smallest absolute Gasteiger partial charge is 0.195 e. The summed E-state index contributed by atoms with van der Waals surface area (Å²) < 4.78 is 11.9. The highest BCUT2D eigenvalue weighted by molar-refractivity contribution is 9.10. The number of carbonyl (C=O) groups excluding carboxylic acids is 1. The lowest BCUT2D eigenvalue weighted by atomic mass is 10.0. The predicted octanol–water partition coefficient (Wildman–Crippen LogP) is 4.49. The first-order valence-electron chi connectivity index (χ1n) is 6.55. The average Bonchev–Trinajstić information content (AvgIpc) is 2.71. The van der Waals surface area contributed by atoms with E-state index in [9.17, 15) is 4.79 Å². The fraction of sp³-hybridized carbons (Fsp3) is 0.188. The Morgan fingerprint density at radius 1 is 1.05 bits per heavy atom. The Kier molecular flexibility index (Phi) is 4.17. The third-order valence-corrected chi connectivity index (χ3v) is 4.19. The number of ether oxygens (including phenoxy) is 2. The Morgan fingerprint density at radius 2 is 1.71 bits per heavy atom. The predicted molar refractivity (Wildman–Crippen MR) is 84.6 cm³/mol. The van der Waals surface area contributed by atoms with Gasteiger partial charge in [-0.3, -0.25) is 4.79 Å². The van der Waals surface area contributed by atoms with Crippen LogP contribution in [0.15, 0.2) is 40.9 Å². The maximum atomic E-state index is 12.6. The number of hydrogen-bond acceptors (Lipinski definition) is 3. The van der Waals surface area contributed by atoms with Gasteiger partial charge in [0, 0.05) is 22.0 Å². The number of carbonyl (C=O) groups is 1. The zero-order chi connectivity index (χ0) is 14.8. The summed E-state index contributed by atoms with van der Waals surface area (Å²) in [7, 11) is 0. The average molecular weight is 368 g/mol. The SMILES string of the molecule is O=C(c1ccccc1Cl)c1cc2c(cc1Br)OCCCO2. The number of halogens is 2. The van der Waals surface area contributed by atoms with Crippen molar-refractivity contribution in [2.75, 3.05) is 13.2 Å². The van der Waals surface area contributed by atoms with Crippen molar-refractivity contribution >= 4 is 33.3 Å². The molecule has 0 bridgehead atoms. The topological polar surface area (TPSA) is 35.5 Å². The van der Waals surface area contributed by atoms with Gasteiger partial charge >= 0.3 is 0 Å². The molecular formula is C16H12BrClO3. The summed E-state index contributed by atoms with van der Waals surface area (Å²) >= 11 is 9.52. The van der Waals surface area contributed by atoms with Crippen LogP contribution in [0.2, 0.25) is 5.02 Å². The number of hydrogen-bond donors (Lipinski definition) is 0. The van der Waals surface area contributed by atoms with Gasteiger partial charge in [0.1, 0.15) is 0 Å². The van der Waals surface area contributed by atoms with Gasteiger partial charge in [-0.1, -0.05) is 23.7 Å². The van der Waals surface area contributed by atoms with Gasteiger partial charge in [-0.05, 0) is 40.2 Å². The van der Waals surface area contributed by atoms with E-state index in [4.69, 9.17) is 21.1 Å². The molecule has 0 atom stereocenters. The molecule has 3 rings (SSSR count). The van der Waals surface area contributed by atoms with Crippen LogP contribution < -0.4 is 9.47 Å². The maximum Gasteiger partial charge on any atom is 0.195 e. The van der Waals surface area contributed by atoms with Crippen LogP contribution in [0, 0.1) is 0 Å². The minimum Gasteiger partial charge on any atom is -0.490 e. The molecule has 108 valence electrons. The van der Waals surface area contributed by atoms with Crippen LogP contribution in [0.5, 0.6) is 11.5 Å². The van der Waals surface area contributed by atoms with Gasteiger partial charge in [0.15, 0.2) is 17.3 Å². The highest BCUT2D eigenvalue weighted by atomic mass is 79.9. The van der Waals surface area contributed by atoms with E-state index in [1.165, 1.54) is 0 Å². The molecule has 5 heteroatoms. The monoisotopic (exact) mass is 366 g/mol. The number of fused-ring (bicyclic) bond motifs is 1. The van der Waals surface area contributed by atoms with Gasteiger partial charge in [0.25, 0.3) is 0 Å². The fourth-order valence-corrected chi connectivity index (χ4v) is 2.87. The Balaban J connectivity index is 2.05. The van der Waals surface area contributed by atoms with Crippen molar-refractivity contribution in [3.05, 3.63) is 57.0 Å². The zero-order valence-corrected chi connectivity index (χ0v) is 13.4. The highest BCUT2D eigenvalue weighted by Crippen LogP contribution is 2.36. The van der Waals surface area contributed by atoms with Crippen molar-refractivity contribution in [2.45, 2.75) is 6.42 Å². The van der Waals surface area contributed by atoms with Gasteiger partial charge in [-0.15, -0.1) is 0 Å². The molecule has 0 saturated carbocycles. The maximum absolute atomic E-state index is 12.6. The zero-order valence-electron chi connectivity index (χ0n) is 11.1. The molecule has 0 saturated heterocycles. The van der Waals surface area contributed by atoms with Crippen molar-refractivity contribution in [1.82, 2.24) is 0 Å². The number of rotatable bonds is 2. The van der Waals surface area contributed by atoms with Crippen molar-refractivity contribution in [3.63, 3.8) is 0 Å². The molecule has 0 N–H and O–H groups in total. The minimum absolute atomic E-state index is 0.150. The van der Waals surface area contributed by atoms with E-state index in [-0.39, 0.29) is 5.78 Å². The normalized spacial score (nSPS) is 13.6. The Hall–Kier alpha value is -1.52. The van der Waals surface area contributed by atoms with Crippen LogP contribution >= 0.6 is 27.5 Å². The second-order valence-electron chi connectivity index (χ2n) is 4.64. The summed E-state index contributed by atoms with van der Waals surface area (Å²) in [5, 5.41) is 0.432. The number of ketones is 1.